The van der Waals surface area contributed by atoms with Crippen LogP contribution >= 0.6 is 0 Å². The summed E-state index contributed by atoms with van der Waals surface area (Å²) in [5.74, 6) is 0.439. The van der Waals surface area contributed by atoms with Gasteiger partial charge in [-0.3, -0.25) is 4.79 Å². The van der Waals surface area contributed by atoms with Gasteiger partial charge < -0.3 is 15.3 Å². The van der Waals surface area contributed by atoms with Gasteiger partial charge in [0, 0.05) is 26.1 Å². The van der Waals surface area contributed by atoms with E-state index in [1.807, 2.05) is 0 Å². The molecule has 19 heavy (non-hydrogen) atoms. The first-order chi connectivity index (χ1) is 9.02. The minimum absolute atomic E-state index is 0.239. The number of ether oxygens (including phenoxy) is 1. The first-order valence-corrected chi connectivity index (χ1v) is 7.38. The van der Waals surface area contributed by atoms with Crippen molar-refractivity contribution in [3.05, 3.63) is 0 Å². The van der Waals surface area contributed by atoms with Crippen LogP contribution in [0.1, 0.15) is 65.2 Å². The van der Waals surface area contributed by atoms with Gasteiger partial charge >= 0.3 is 0 Å². The number of nitrogens with two attached hydrogens (primary N) is 1. The summed E-state index contributed by atoms with van der Waals surface area (Å²) < 4.78 is 5.57. The molecule has 112 valence electrons. The molecule has 0 heterocycles. The molecular weight excluding hydrogens is 242 g/mol. The van der Waals surface area contributed by atoms with Crippen LogP contribution in [0.3, 0.4) is 0 Å². The van der Waals surface area contributed by atoms with E-state index >= 15 is 0 Å². The summed E-state index contributed by atoms with van der Waals surface area (Å²) in [5.41, 5.74) is 5.09. The van der Waals surface area contributed by atoms with Crippen molar-refractivity contribution in [1.29, 1.82) is 0 Å². The average molecular weight is 271 g/mol. The number of primary amides is 1. The van der Waals surface area contributed by atoms with E-state index in [9.17, 15) is 9.59 Å². The van der Waals surface area contributed by atoms with Gasteiger partial charge in [0.1, 0.15) is 5.78 Å². The fraction of sp³-hybridized carbons (Fsp3) is 0.867. The highest BCUT2D eigenvalue weighted by molar-refractivity contribution is 5.75. The topological polar surface area (TPSA) is 69.4 Å². The summed E-state index contributed by atoms with van der Waals surface area (Å²) in [4.78, 5) is 21.3. The highest BCUT2D eigenvalue weighted by atomic mass is 16.5. The van der Waals surface area contributed by atoms with Gasteiger partial charge in [-0.25, -0.2) is 0 Å². The lowest BCUT2D eigenvalue weighted by molar-refractivity contribution is -0.118. The second-order valence-electron chi connectivity index (χ2n) is 5.40. The zero-order valence-corrected chi connectivity index (χ0v) is 12.5. The van der Waals surface area contributed by atoms with Crippen molar-refractivity contribution in [3.8, 4) is 0 Å². The molecule has 1 amide bonds. The lowest BCUT2D eigenvalue weighted by atomic mass is 10.1. The Morgan fingerprint density at radius 1 is 1.05 bits per heavy atom. The normalized spacial score (nSPS) is 12.3. The van der Waals surface area contributed by atoms with Crippen molar-refractivity contribution < 1.29 is 14.3 Å². The fourth-order valence-electron chi connectivity index (χ4n) is 1.86. The molecule has 2 N–H and O–H groups in total. The van der Waals surface area contributed by atoms with Crippen LogP contribution < -0.4 is 5.73 Å². The van der Waals surface area contributed by atoms with E-state index in [0.29, 0.717) is 25.4 Å². The van der Waals surface area contributed by atoms with Gasteiger partial charge in [0.2, 0.25) is 5.91 Å². The van der Waals surface area contributed by atoms with Crippen LogP contribution in [-0.2, 0) is 14.3 Å². The maximum atomic E-state index is 10.7. The predicted octanol–water partition coefficient (Wildman–Crippen LogP) is 2.83. The van der Waals surface area contributed by atoms with Crippen molar-refractivity contribution in [2.24, 2.45) is 11.7 Å². The predicted molar refractivity (Wildman–Crippen MR) is 76.8 cm³/mol. The molecule has 0 fully saturated rings. The number of hydrogen-bond acceptors (Lipinski definition) is 3. The van der Waals surface area contributed by atoms with Crippen LogP contribution in [0.15, 0.2) is 0 Å². The van der Waals surface area contributed by atoms with E-state index in [1.54, 1.807) is 6.92 Å². The van der Waals surface area contributed by atoms with Crippen LogP contribution in [0.25, 0.3) is 0 Å². The van der Waals surface area contributed by atoms with Gasteiger partial charge in [0.25, 0.3) is 0 Å². The largest absolute Gasteiger partial charge is 0.381 e. The van der Waals surface area contributed by atoms with Crippen LogP contribution in [-0.4, -0.2) is 24.9 Å². The maximum Gasteiger partial charge on any atom is 0.217 e. The third kappa shape index (κ3) is 15.0. The van der Waals surface area contributed by atoms with Crippen LogP contribution in [0, 0.1) is 5.92 Å². The molecule has 0 aromatic rings. The van der Waals surface area contributed by atoms with Gasteiger partial charge in [0.15, 0.2) is 0 Å². The molecule has 0 saturated carbocycles. The molecular formula is C15H29NO3. The summed E-state index contributed by atoms with van der Waals surface area (Å²) in [5, 5.41) is 0. The standard InChI is InChI=1S/C15H29NO3/c1-13(9-10-15(16)18)12-19-11-7-5-3-4-6-8-14(2)17/h13H,3-12H2,1-2H3,(H2,16,18)/t13-/m0/s1. The van der Waals surface area contributed by atoms with Crippen molar-refractivity contribution in [1.82, 2.24) is 0 Å². The molecule has 0 aromatic heterocycles. The first kappa shape index (κ1) is 18.1. The van der Waals surface area contributed by atoms with Crippen molar-refractivity contribution in [2.45, 2.75) is 65.2 Å². The SMILES string of the molecule is CC(=O)CCCCCCCOC[C@@H](C)CCC(N)=O. The monoisotopic (exact) mass is 271 g/mol. The van der Waals surface area contributed by atoms with E-state index in [-0.39, 0.29) is 11.7 Å². The molecule has 0 bridgehead atoms. The van der Waals surface area contributed by atoms with Crippen LogP contribution in [0.5, 0.6) is 0 Å². The molecule has 0 aliphatic heterocycles. The summed E-state index contributed by atoms with van der Waals surface area (Å²) in [6.45, 7) is 5.21. The highest BCUT2D eigenvalue weighted by Crippen LogP contribution is 2.08. The van der Waals surface area contributed by atoms with Gasteiger partial charge in [-0.2, -0.15) is 0 Å². The van der Waals surface area contributed by atoms with Crippen molar-refractivity contribution >= 4 is 11.7 Å². The van der Waals surface area contributed by atoms with Gasteiger partial charge in [-0.05, 0) is 32.1 Å². The molecule has 0 aliphatic carbocycles. The lowest BCUT2D eigenvalue weighted by Crippen LogP contribution is -2.14. The smallest absolute Gasteiger partial charge is 0.217 e. The number of amides is 1. The number of rotatable bonds is 13. The Kier molecular flexibility index (Phi) is 11.6. The number of ketones is 1. The Balaban J connectivity index is 3.17. The highest BCUT2D eigenvalue weighted by Gasteiger charge is 2.04. The number of Topliss-reactive ketones (excluding diaryl/α,β-unsaturated/α-hetero) is 1. The Hall–Kier alpha value is -0.900. The Morgan fingerprint density at radius 3 is 2.32 bits per heavy atom. The van der Waals surface area contributed by atoms with Gasteiger partial charge in [-0.15, -0.1) is 0 Å². The molecule has 4 nitrogen and oxygen atoms in total. The third-order valence-corrected chi connectivity index (χ3v) is 3.10. The minimum atomic E-state index is -0.239. The molecule has 0 aliphatic rings. The van der Waals surface area contributed by atoms with Crippen molar-refractivity contribution in [3.63, 3.8) is 0 Å². The molecule has 1 atom stereocenters. The quantitative estimate of drug-likeness (QED) is 0.524. The molecule has 0 saturated heterocycles. The Morgan fingerprint density at radius 2 is 1.68 bits per heavy atom. The van der Waals surface area contributed by atoms with Crippen LogP contribution in [0.4, 0.5) is 0 Å². The number of unbranched alkanes of at least 4 members (excludes halogenated alkanes) is 4. The molecule has 4 heteroatoms. The maximum absolute atomic E-state index is 10.7. The van der Waals surface area contributed by atoms with Gasteiger partial charge in [-0.1, -0.05) is 26.2 Å². The summed E-state index contributed by atoms with van der Waals surface area (Å²) >= 11 is 0. The van der Waals surface area contributed by atoms with Crippen LogP contribution in [0.2, 0.25) is 0 Å². The van der Waals surface area contributed by atoms with E-state index in [2.05, 4.69) is 6.92 Å². The Bertz CT molecular complexity index is 254. The van der Waals surface area contributed by atoms with Crippen molar-refractivity contribution in [2.75, 3.05) is 13.2 Å². The minimum Gasteiger partial charge on any atom is -0.381 e. The molecule has 0 radical (unpaired) electrons. The van der Waals surface area contributed by atoms with E-state index in [4.69, 9.17) is 10.5 Å². The number of carbonyl (C=O) groups excluding carboxylic acids is 2. The summed E-state index contributed by atoms with van der Waals surface area (Å²) in [6, 6.07) is 0. The number of carbonyl (C=O) groups is 2. The van der Waals surface area contributed by atoms with E-state index in [1.165, 1.54) is 6.42 Å². The molecule has 0 spiro atoms. The fourth-order valence-corrected chi connectivity index (χ4v) is 1.86. The molecule has 0 unspecified atom stereocenters. The lowest BCUT2D eigenvalue weighted by Gasteiger charge is -2.10. The van der Waals surface area contributed by atoms with E-state index in [0.717, 1.165) is 38.7 Å². The van der Waals surface area contributed by atoms with Gasteiger partial charge in [0.05, 0.1) is 0 Å². The Labute approximate surface area is 117 Å². The first-order valence-electron chi connectivity index (χ1n) is 7.38. The van der Waals surface area contributed by atoms with E-state index < -0.39 is 0 Å². The summed E-state index contributed by atoms with van der Waals surface area (Å²) in [6.07, 6.45) is 7.52. The average Bonchev–Trinajstić information content (AvgIpc) is 2.34. The number of hydrogen-bond donors (Lipinski definition) is 1. The zero-order valence-electron chi connectivity index (χ0n) is 12.5. The third-order valence-electron chi connectivity index (χ3n) is 3.10. The zero-order chi connectivity index (χ0) is 14.5. The summed E-state index contributed by atoms with van der Waals surface area (Å²) in [7, 11) is 0. The molecule has 0 rings (SSSR count). The molecule has 0 aromatic carbocycles. The second-order valence-corrected chi connectivity index (χ2v) is 5.40. The second kappa shape index (κ2) is 12.2.